The van der Waals surface area contributed by atoms with E-state index in [1.54, 1.807) is 30.3 Å². The lowest BCUT2D eigenvalue weighted by molar-refractivity contribution is -0.126. The average Bonchev–Trinajstić information content (AvgIpc) is 2.70. The third kappa shape index (κ3) is 8.04. The van der Waals surface area contributed by atoms with E-state index in [0.717, 1.165) is 18.4 Å². The lowest BCUT2D eigenvalue weighted by Gasteiger charge is -2.12. The van der Waals surface area contributed by atoms with Crippen LogP contribution in [0.15, 0.2) is 53.6 Å². The molecule has 0 unspecified atom stereocenters. The zero-order chi connectivity index (χ0) is 20.9. The van der Waals surface area contributed by atoms with Crippen molar-refractivity contribution in [2.24, 2.45) is 5.10 Å². The molecule has 0 bridgehead atoms. The van der Waals surface area contributed by atoms with E-state index in [1.807, 2.05) is 25.1 Å². The molecule has 2 aromatic carbocycles. The molecule has 0 radical (unpaired) electrons. The van der Waals surface area contributed by atoms with E-state index in [1.165, 1.54) is 6.21 Å². The molecule has 0 spiro atoms. The van der Waals surface area contributed by atoms with Gasteiger partial charge in [-0.05, 0) is 49.2 Å². The molecule has 0 aliphatic carbocycles. The molecule has 2 aromatic rings. The Balaban J connectivity index is 1.87. The maximum absolute atomic E-state index is 11.9. The minimum Gasteiger partial charge on any atom is -0.490 e. The van der Waals surface area contributed by atoms with E-state index in [0.29, 0.717) is 30.4 Å². The Morgan fingerprint density at radius 3 is 2.52 bits per heavy atom. The number of carbonyl (C=O) groups is 2. The number of hydrazone groups is 1. The van der Waals surface area contributed by atoms with Crippen LogP contribution in [0.2, 0.25) is 0 Å². The molecular formula is C22H27N3O4. The lowest BCUT2D eigenvalue weighted by atomic mass is 10.2. The first-order valence-electron chi connectivity index (χ1n) is 9.68. The van der Waals surface area contributed by atoms with Crippen LogP contribution >= 0.6 is 0 Å². The molecule has 0 atom stereocenters. The Hall–Kier alpha value is -3.35. The number of rotatable bonds is 11. The Kier molecular flexibility index (Phi) is 9.21. The number of ether oxygens (including phenoxy) is 2. The summed E-state index contributed by atoms with van der Waals surface area (Å²) >= 11 is 0. The van der Waals surface area contributed by atoms with Crippen molar-refractivity contribution in [3.63, 3.8) is 0 Å². The van der Waals surface area contributed by atoms with Crippen LogP contribution in [0.25, 0.3) is 0 Å². The molecule has 0 heterocycles. The highest BCUT2D eigenvalue weighted by molar-refractivity contribution is 6.03. The van der Waals surface area contributed by atoms with Gasteiger partial charge in [-0.15, -0.1) is 0 Å². The third-order valence-electron chi connectivity index (χ3n) is 3.80. The van der Waals surface area contributed by atoms with Gasteiger partial charge in [-0.25, -0.2) is 5.43 Å². The summed E-state index contributed by atoms with van der Waals surface area (Å²) in [5.74, 6) is 0.399. The second-order valence-corrected chi connectivity index (χ2v) is 6.23. The van der Waals surface area contributed by atoms with Crippen LogP contribution in [0.1, 0.15) is 38.7 Å². The fourth-order valence-electron chi connectivity index (χ4n) is 2.41. The van der Waals surface area contributed by atoms with Crippen molar-refractivity contribution in [3.8, 4) is 11.5 Å². The Morgan fingerprint density at radius 2 is 1.79 bits per heavy atom. The first kappa shape index (κ1) is 21.9. The van der Waals surface area contributed by atoms with Gasteiger partial charge in [0.2, 0.25) is 11.8 Å². The average molecular weight is 397 g/mol. The van der Waals surface area contributed by atoms with Crippen LogP contribution in [0.5, 0.6) is 11.5 Å². The van der Waals surface area contributed by atoms with E-state index < -0.39 is 11.8 Å². The maximum Gasteiger partial charge on any atom is 0.249 e. The van der Waals surface area contributed by atoms with Crippen LogP contribution in [0.4, 0.5) is 5.69 Å². The molecular weight excluding hydrogens is 370 g/mol. The molecule has 7 nitrogen and oxygen atoms in total. The molecule has 2 rings (SSSR count). The summed E-state index contributed by atoms with van der Waals surface area (Å²) < 4.78 is 11.4. The van der Waals surface area contributed by atoms with Gasteiger partial charge >= 0.3 is 0 Å². The van der Waals surface area contributed by atoms with E-state index in [4.69, 9.17) is 9.47 Å². The summed E-state index contributed by atoms with van der Waals surface area (Å²) in [5, 5.41) is 6.55. The van der Waals surface area contributed by atoms with Gasteiger partial charge < -0.3 is 14.8 Å². The number of anilines is 1. The van der Waals surface area contributed by atoms with Crippen molar-refractivity contribution in [3.05, 3.63) is 54.1 Å². The molecule has 2 N–H and O–H groups in total. The molecule has 0 aliphatic rings. The summed E-state index contributed by atoms with van der Waals surface area (Å²) in [6, 6.07) is 14.4. The van der Waals surface area contributed by atoms with E-state index in [-0.39, 0.29) is 6.42 Å². The van der Waals surface area contributed by atoms with Gasteiger partial charge in [0.15, 0.2) is 11.5 Å². The van der Waals surface area contributed by atoms with Crippen molar-refractivity contribution >= 4 is 23.7 Å². The molecule has 0 aliphatic heterocycles. The van der Waals surface area contributed by atoms with Crippen molar-refractivity contribution in [1.82, 2.24) is 5.43 Å². The number of unbranched alkanes of at least 4 members (excludes halogenated alkanes) is 1. The van der Waals surface area contributed by atoms with Crippen molar-refractivity contribution in [2.75, 3.05) is 18.5 Å². The van der Waals surface area contributed by atoms with Gasteiger partial charge in [-0.3, -0.25) is 9.59 Å². The fraction of sp³-hybridized carbons (Fsp3) is 0.318. The largest absolute Gasteiger partial charge is 0.490 e. The number of hydrogen-bond donors (Lipinski definition) is 2. The zero-order valence-electron chi connectivity index (χ0n) is 16.8. The van der Waals surface area contributed by atoms with Gasteiger partial charge in [0.1, 0.15) is 6.42 Å². The summed E-state index contributed by atoms with van der Waals surface area (Å²) in [7, 11) is 0. The fourth-order valence-corrected chi connectivity index (χ4v) is 2.41. The maximum atomic E-state index is 11.9. The number of benzene rings is 2. The first-order valence-corrected chi connectivity index (χ1v) is 9.68. The topological polar surface area (TPSA) is 89.0 Å². The van der Waals surface area contributed by atoms with Crippen LogP contribution in [-0.2, 0) is 9.59 Å². The predicted octanol–water partition coefficient (Wildman–Crippen LogP) is 3.74. The normalized spacial score (nSPS) is 10.6. The molecule has 7 heteroatoms. The Labute approximate surface area is 171 Å². The summed E-state index contributed by atoms with van der Waals surface area (Å²) in [6.07, 6.45) is 3.20. The molecule has 0 fully saturated rings. The van der Waals surface area contributed by atoms with Crippen LogP contribution in [0.3, 0.4) is 0 Å². The van der Waals surface area contributed by atoms with Crippen molar-refractivity contribution in [2.45, 2.75) is 33.1 Å². The lowest BCUT2D eigenvalue weighted by Crippen LogP contribution is -2.24. The highest BCUT2D eigenvalue weighted by Crippen LogP contribution is 2.28. The van der Waals surface area contributed by atoms with Crippen molar-refractivity contribution < 1.29 is 19.1 Å². The molecule has 2 amide bonds. The summed E-state index contributed by atoms with van der Waals surface area (Å²) in [4.78, 5) is 23.7. The van der Waals surface area contributed by atoms with Gasteiger partial charge in [0.05, 0.1) is 19.4 Å². The molecule has 0 saturated heterocycles. The van der Waals surface area contributed by atoms with Gasteiger partial charge in [-0.1, -0.05) is 31.5 Å². The standard InChI is InChI=1S/C22H27N3O4/c1-3-5-13-29-19-12-11-17(14-20(19)28-4-2)16-23-25-22(27)15-21(26)24-18-9-7-6-8-10-18/h6-12,14,16H,3-5,13,15H2,1-2H3,(H,24,26)(H,25,27). The number of amides is 2. The van der Waals surface area contributed by atoms with Crippen LogP contribution < -0.4 is 20.2 Å². The number of nitrogens with zero attached hydrogens (tertiary/aromatic N) is 1. The van der Waals surface area contributed by atoms with E-state index >= 15 is 0 Å². The summed E-state index contributed by atoms with van der Waals surface area (Å²) in [6.45, 7) is 5.15. The third-order valence-corrected chi connectivity index (χ3v) is 3.80. The van der Waals surface area contributed by atoms with Crippen LogP contribution in [-0.4, -0.2) is 31.2 Å². The molecule has 0 saturated carbocycles. The van der Waals surface area contributed by atoms with E-state index in [2.05, 4.69) is 22.8 Å². The zero-order valence-corrected chi connectivity index (χ0v) is 16.8. The number of para-hydroxylation sites is 1. The van der Waals surface area contributed by atoms with E-state index in [9.17, 15) is 9.59 Å². The minimum absolute atomic E-state index is 0.319. The molecule has 0 aromatic heterocycles. The number of carbonyl (C=O) groups excluding carboxylic acids is 2. The second kappa shape index (κ2) is 12.2. The monoisotopic (exact) mass is 397 g/mol. The van der Waals surface area contributed by atoms with Gasteiger partial charge in [0.25, 0.3) is 0 Å². The molecule has 154 valence electrons. The number of hydrogen-bond acceptors (Lipinski definition) is 5. The quantitative estimate of drug-likeness (QED) is 0.262. The Bertz CT molecular complexity index is 822. The van der Waals surface area contributed by atoms with Gasteiger partial charge in [0, 0.05) is 5.69 Å². The van der Waals surface area contributed by atoms with Crippen LogP contribution in [0, 0.1) is 0 Å². The molecule has 29 heavy (non-hydrogen) atoms. The SMILES string of the molecule is CCCCOc1ccc(C=NNC(=O)CC(=O)Nc2ccccc2)cc1OCC. The first-order chi connectivity index (χ1) is 14.1. The van der Waals surface area contributed by atoms with Gasteiger partial charge in [-0.2, -0.15) is 5.10 Å². The Morgan fingerprint density at radius 1 is 1.00 bits per heavy atom. The van der Waals surface area contributed by atoms with Crippen molar-refractivity contribution in [1.29, 1.82) is 0 Å². The smallest absolute Gasteiger partial charge is 0.249 e. The summed E-state index contributed by atoms with van der Waals surface area (Å²) in [5.41, 5.74) is 3.73. The highest BCUT2D eigenvalue weighted by atomic mass is 16.5. The second-order valence-electron chi connectivity index (χ2n) is 6.23. The minimum atomic E-state index is -0.501. The predicted molar refractivity (Wildman–Crippen MR) is 113 cm³/mol. The highest BCUT2D eigenvalue weighted by Gasteiger charge is 2.09. The number of nitrogens with one attached hydrogen (secondary N) is 2.